The summed E-state index contributed by atoms with van der Waals surface area (Å²) in [6, 6.07) is 0. The van der Waals surface area contributed by atoms with Crippen LogP contribution in [0, 0.1) is 5.41 Å². The van der Waals surface area contributed by atoms with Gasteiger partial charge in [0.15, 0.2) is 17.7 Å². The highest BCUT2D eigenvalue weighted by molar-refractivity contribution is 7.99. The van der Waals surface area contributed by atoms with Gasteiger partial charge in [0.25, 0.3) is 0 Å². The Kier molecular flexibility index (Phi) is 17.0. The number of rotatable bonds is 23. The molecule has 2 aromatic heterocycles. The number of hydrogen-bond donors (Lipinski definition) is 10. The van der Waals surface area contributed by atoms with E-state index < -0.39 is 84.8 Å². The second-order valence-electron chi connectivity index (χ2n) is 12.6. The number of carbonyl (C=O) groups is 2. The number of nitrogens with one attached hydrogen (secondary N) is 2. The number of ether oxygens (including phenoxy) is 1. The summed E-state index contributed by atoms with van der Waals surface area (Å²) in [5, 5.41) is 36.1. The quantitative estimate of drug-likeness (QED) is 0.0488. The van der Waals surface area contributed by atoms with Gasteiger partial charge in [-0.3, -0.25) is 27.7 Å². The first-order valence-electron chi connectivity index (χ1n) is 16.2. The molecule has 1 aliphatic rings. The van der Waals surface area contributed by atoms with E-state index in [1.807, 2.05) is 6.92 Å². The summed E-state index contributed by atoms with van der Waals surface area (Å²) >= 11 is 1.48. The Morgan fingerprint density at radius 2 is 1.76 bits per heavy atom. The van der Waals surface area contributed by atoms with E-state index in [4.69, 9.17) is 19.5 Å². The molecule has 4 unspecified atom stereocenters. The number of anilines is 1. The van der Waals surface area contributed by atoms with Crippen LogP contribution in [-0.4, -0.2) is 135 Å². The number of imidazole rings is 1. The van der Waals surface area contributed by atoms with Crippen LogP contribution in [0.25, 0.3) is 11.2 Å². The second kappa shape index (κ2) is 19.8. The number of nitrogen functional groups attached to an aromatic ring is 1. The maximum Gasteiger partial charge on any atom is 0.481 e. The van der Waals surface area contributed by atoms with Gasteiger partial charge in [-0.1, -0.05) is 27.2 Å². The second-order valence-corrected chi connectivity index (χ2v) is 18.0. The number of thioether (sulfide) groups is 1. The van der Waals surface area contributed by atoms with E-state index in [0.717, 1.165) is 23.6 Å². The van der Waals surface area contributed by atoms with Crippen LogP contribution < -0.4 is 16.4 Å². The summed E-state index contributed by atoms with van der Waals surface area (Å²) in [5.41, 5.74) is 4.29. The predicted octanol–water partition coefficient (Wildman–Crippen LogP) is -0.701. The third-order valence-corrected chi connectivity index (χ3v) is 11.8. The molecule has 54 heavy (non-hydrogen) atoms. The number of hydrogen-bond acceptors (Lipinski definition) is 18. The summed E-state index contributed by atoms with van der Waals surface area (Å²) in [6.07, 6.45) is -5.66. The first-order chi connectivity index (χ1) is 25.1. The molecule has 24 nitrogen and oxygen atoms in total. The normalized spacial score (nSPS) is 22.7. The van der Waals surface area contributed by atoms with Crippen molar-refractivity contribution in [1.82, 2.24) is 30.2 Å². The van der Waals surface area contributed by atoms with E-state index in [2.05, 4.69) is 34.4 Å². The van der Waals surface area contributed by atoms with Crippen molar-refractivity contribution in [2.24, 2.45) is 5.41 Å². The van der Waals surface area contributed by atoms with Gasteiger partial charge in [-0.05, 0) is 6.42 Å². The number of fused-ring (bicyclic) bond motifs is 1. The molecule has 0 bridgehead atoms. The SMILES string of the molecule is CCCC(O)CSCCNC(=O)CCNC(=O)C(O)C(C)(C)COP(=O)(O)OP(=O)(O)OC[C@H]1O[C@@H](n2cnc3c(N)ncnc32)[C@H](O)[C@@H]1OP(=O)(O)O. The maximum absolute atomic E-state index is 12.7. The lowest BCUT2D eigenvalue weighted by Crippen LogP contribution is -2.46. The molecule has 2 amide bonds. The smallest absolute Gasteiger partial charge is 0.392 e. The van der Waals surface area contributed by atoms with E-state index in [1.165, 1.54) is 25.6 Å². The molecule has 3 rings (SSSR count). The molecular formula is C26H46N7O17P3S. The van der Waals surface area contributed by atoms with E-state index in [-0.39, 0.29) is 35.9 Å². The summed E-state index contributed by atoms with van der Waals surface area (Å²) in [4.78, 5) is 75.4. The van der Waals surface area contributed by atoms with Crippen LogP contribution in [0.3, 0.4) is 0 Å². The van der Waals surface area contributed by atoms with Gasteiger partial charge in [0.2, 0.25) is 11.8 Å². The molecule has 2 aromatic rings. The molecule has 28 heteroatoms. The fourth-order valence-electron chi connectivity index (χ4n) is 4.84. The van der Waals surface area contributed by atoms with Gasteiger partial charge in [0, 0.05) is 36.4 Å². The van der Waals surface area contributed by atoms with Crippen LogP contribution in [-0.2, 0) is 45.9 Å². The van der Waals surface area contributed by atoms with Gasteiger partial charge in [0.05, 0.1) is 25.6 Å². The molecule has 0 radical (unpaired) electrons. The number of aromatic nitrogens is 4. The van der Waals surface area contributed by atoms with Crippen LogP contribution in [0.2, 0.25) is 0 Å². The fraction of sp³-hybridized carbons (Fsp3) is 0.731. The molecule has 1 fully saturated rings. The van der Waals surface area contributed by atoms with Crippen molar-refractivity contribution in [3.05, 3.63) is 12.7 Å². The van der Waals surface area contributed by atoms with Crippen molar-refractivity contribution in [1.29, 1.82) is 0 Å². The highest BCUT2D eigenvalue weighted by Crippen LogP contribution is 2.61. The maximum atomic E-state index is 12.7. The average Bonchev–Trinajstić information content (AvgIpc) is 3.62. The highest BCUT2D eigenvalue weighted by Gasteiger charge is 2.50. The topological polar surface area (TPSA) is 367 Å². The van der Waals surface area contributed by atoms with Crippen LogP contribution in [0.1, 0.15) is 46.3 Å². The Labute approximate surface area is 313 Å². The lowest BCUT2D eigenvalue weighted by molar-refractivity contribution is -0.137. The van der Waals surface area contributed by atoms with Crippen molar-refractivity contribution in [2.45, 2.75) is 76.8 Å². The molecule has 3 heterocycles. The number of aliphatic hydroxyl groups excluding tert-OH is 3. The average molecular weight is 854 g/mol. The Morgan fingerprint density at radius 1 is 1.07 bits per heavy atom. The van der Waals surface area contributed by atoms with Crippen molar-refractivity contribution >= 4 is 64.0 Å². The van der Waals surface area contributed by atoms with Gasteiger partial charge >= 0.3 is 23.5 Å². The number of aliphatic hydroxyl groups is 3. The van der Waals surface area contributed by atoms with Crippen molar-refractivity contribution in [3.8, 4) is 0 Å². The fourth-order valence-corrected chi connectivity index (χ4v) is 8.52. The molecular weight excluding hydrogens is 807 g/mol. The standard InChI is InChI=1S/C26H46N7O17P3S/c1-4-5-15(34)11-54-9-8-28-17(35)6-7-29-24(38)21(37)26(2,3)12-47-53(44,45)50-52(42,43)46-10-16-20(49-51(39,40)41)19(36)25(48-16)33-14-32-18-22(27)30-13-31-23(18)33/h13-16,19-21,25,34,36-37H,4-12H2,1-3H3,(H,28,35)(H,29,38)(H,42,43)(H,44,45)(H2,27,30,31)(H2,39,40,41)/t15?,16-,19-,20-,21?,25-/m1/s1. The monoisotopic (exact) mass is 853 g/mol. The van der Waals surface area contributed by atoms with Crippen molar-refractivity contribution < 1.29 is 80.8 Å². The molecule has 308 valence electrons. The number of nitrogens with two attached hydrogens (primary N) is 1. The molecule has 1 saturated heterocycles. The van der Waals surface area contributed by atoms with Gasteiger partial charge < -0.3 is 56.0 Å². The number of phosphoric acid groups is 3. The van der Waals surface area contributed by atoms with E-state index in [9.17, 15) is 58.2 Å². The van der Waals surface area contributed by atoms with E-state index in [1.54, 1.807) is 0 Å². The number of carbonyl (C=O) groups excluding carboxylic acids is 2. The minimum atomic E-state index is -5.56. The first-order valence-corrected chi connectivity index (χ1v) is 21.9. The first kappa shape index (κ1) is 46.2. The van der Waals surface area contributed by atoms with E-state index in [0.29, 0.717) is 24.5 Å². The highest BCUT2D eigenvalue weighted by atomic mass is 32.2. The Bertz CT molecular complexity index is 1720. The van der Waals surface area contributed by atoms with Crippen molar-refractivity contribution in [3.63, 3.8) is 0 Å². The van der Waals surface area contributed by atoms with Gasteiger partial charge in [0.1, 0.15) is 36.3 Å². The number of nitrogens with zero attached hydrogens (tertiary/aromatic N) is 4. The molecule has 0 aliphatic carbocycles. The third-order valence-electron chi connectivity index (χ3n) is 7.58. The molecule has 11 N–H and O–H groups in total. The molecule has 0 saturated carbocycles. The molecule has 8 atom stereocenters. The minimum absolute atomic E-state index is 0.0345. The summed E-state index contributed by atoms with van der Waals surface area (Å²) < 4.78 is 62.0. The lowest BCUT2D eigenvalue weighted by Gasteiger charge is -2.30. The summed E-state index contributed by atoms with van der Waals surface area (Å²) in [5.74, 6) is -0.240. The summed E-state index contributed by atoms with van der Waals surface area (Å²) in [6.45, 7) is 2.69. The van der Waals surface area contributed by atoms with Crippen LogP contribution in [0.4, 0.5) is 5.82 Å². The Hall–Kier alpha value is -2.15. The zero-order valence-electron chi connectivity index (χ0n) is 29.3. The van der Waals surface area contributed by atoms with Gasteiger partial charge in [-0.2, -0.15) is 16.1 Å². The van der Waals surface area contributed by atoms with Gasteiger partial charge in [-0.15, -0.1) is 0 Å². The molecule has 0 aromatic carbocycles. The third kappa shape index (κ3) is 14.1. The predicted molar refractivity (Wildman–Crippen MR) is 188 cm³/mol. The number of phosphoric ester groups is 3. The number of amides is 2. The lowest BCUT2D eigenvalue weighted by atomic mass is 9.87. The van der Waals surface area contributed by atoms with Crippen LogP contribution >= 0.6 is 35.2 Å². The summed E-state index contributed by atoms with van der Waals surface area (Å²) in [7, 11) is -16.4. The Balaban J connectivity index is 1.50. The van der Waals surface area contributed by atoms with Crippen LogP contribution in [0.5, 0.6) is 0 Å². The van der Waals surface area contributed by atoms with E-state index >= 15 is 0 Å². The zero-order chi connectivity index (χ0) is 40.5. The van der Waals surface area contributed by atoms with Gasteiger partial charge in [-0.25, -0.2) is 28.6 Å². The Morgan fingerprint density at radius 3 is 2.43 bits per heavy atom. The van der Waals surface area contributed by atoms with Crippen molar-refractivity contribution in [2.75, 3.05) is 43.5 Å². The minimum Gasteiger partial charge on any atom is -0.392 e. The molecule has 0 spiro atoms. The molecule has 1 aliphatic heterocycles. The zero-order valence-corrected chi connectivity index (χ0v) is 32.8. The largest absolute Gasteiger partial charge is 0.481 e. The van der Waals surface area contributed by atoms with Crippen LogP contribution in [0.15, 0.2) is 12.7 Å².